The summed E-state index contributed by atoms with van der Waals surface area (Å²) in [5.41, 5.74) is 5.73. The molecule has 14 N–H and O–H groups in total. The number of nitrogens with two attached hydrogens (primary N) is 1. The molecule has 1 fully saturated rings. The van der Waals surface area contributed by atoms with Gasteiger partial charge in [-0.2, -0.15) is 0 Å². The van der Waals surface area contributed by atoms with Crippen LogP contribution in [0.25, 0.3) is 10.9 Å². The first-order valence-corrected chi connectivity index (χ1v) is 21.9. The molecule has 5 rings (SSSR count). The average Bonchev–Trinajstić information content (AvgIpc) is 3.82. The van der Waals surface area contributed by atoms with E-state index < -0.39 is 176 Å². The van der Waals surface area contributed by atoms with Gasteiger partial charge in [-0.05, 0) is 23.6 Å². The van der Waals surface area contributed by atoms with Gasteiger partial charge in [0.2, 0.25) is 53.2 Å². The molecule has 4 heterocycles. The number of amides is 9. The summed E-state index contributed by atoms with van der Waals surface area (Å²) in [6.45, 7) is 1.76. The smallest absolute Gasteiger partial charge is 0.246 e. The van der Waals surface area contributed by atoms with Gasteiger partial charge in [-0.3, -0.25) is 47.4 Å². The van der Waals surface area contributed by atoms with Gasteiger partial charge in [0.25, 0.3) is 0 Å². The van der Waals surface area contributed by atoms with Gasteiger partial charge in [-0.1, -0.05) is 27.2 Å². The van der Waals surface area contributed by atoms with E-state index in [1.54, 1.807) is 13.8 Å². The second-order valence-electron chi connectivity index (χ2n) is 16.1. The number of aliphatic hydroxyl groups is 3. The summed E-state index contributed by atoms with van der Waals surface area (Å²) < 4.78 is 14.6. The molecular formula is C39H54N10O14S. The van der Waals surface area contributed by atoms with Gasteiger partial charge >= 0.3 is 0 Å². The molecular weight excluding hydrogens is 865 g/mol. The van der Waals surface area contributed by atoms with Crippen molar-refractivity contribution in [2.75, 3.05) is 32.0 Å². The third-order valence-electron chi connectivity index (χ3n) is 11.5. The molecule has 9 amide bonds. The van der Waals surface area contributed by atoms with Crippen LogP contribution in [0.3, 0.4) is 0 Å². The number of hydrogen-bond donors (Lipinski definition) is 13. The molecule has 25 heteroatoms. The summed E-state index contributed by atoms with van der Waals surface area (Å²) in [6.07, 6.45) is -4.42. The summed E-state index contributed by atoms with van der Waals surface area (Å²) in [7, 11) is -2.38. The molecule has 1 aromatic heterocycles. The van der Waals surface area contributed by atoms with E-state index in [2.05, 4.69) is 42.2 Å². The van der Waals surface area contributed by atoms with Gasteiger partial charge in [0.15, 0.2) is 0 Å². The molecule has 24 nitrogen and oxygen atoms in total. The Hall–Kier alpha value is -6.18. The third kappa shape index (κ3) is 11.5. The highest BCUT2D eigenvalue weighted by molar-refractivity contribution is 7.85. The largest absolute Gasteiger partial charge is 0.508 e. The Morgan fingerprint density at radius 1 is 0.875 bits per heavy atom. The Morgan fingerprint density at radius 2 is 1.55 bits per heavy atom. The van der Waals surface area contributed by atoms with Crippen LogP contribution in [-0.4, -0.2) is 168 Å². The number of carbonyl (C=O) groups excluding carboxylic acids is 9. The van der Waals surface area contributed by atoms with Crippen molar-refractivity contribution >= 4 is 74.9 Å². The van der Waals surface area contributed by atoms with Crippen molar-refractivity contribution in [3.63, 3.8) is 0 Å². The summed E-state index contributed by atoms with van der Waals surface area (Å²) in [4.78, 5) is 127. The molecule has 0 radical (unpaired) electrons. The lowest BCUT2D eigenvalue weighted by molar-refractivity contribution is -0.144. The van der Waals surface area contributed by atoms with Crippen molar-refractivity contribution in [2.24, 2.45) is 17.6 Å². The van der Waals surface area contributed by atoms with E-state index in [0.717, 1.165) is 4.90 Å². The number of fused-ring (bicyclic) bond motifs is 5. The number of aliphatic hydroxyl groups excluding tert-OH is 3. The highest BCUT2D eigenvalue weighted by Crippen LogP contribution is 2.30. The number of aromatic hydroxyl groups is 1. The second kappa shape index (κ2) is 21.0. The first kappa shape index (κ1) is 48.8. The normalized spacial score (nSPS) is 28.5. The Labute approximate surface area is 368 Å². The van der Waals surface area contributed by atoms with Crippen molar-refractivity contribution in [3.8, 4) is 5.75 Å². The van der Waals surface area contributed by atoms with Crippen molar-refractivity contribution in [1.29, 1.82) is 0 Å². The van der Waals surface area contributed by atoms with Gasteiger partial charge in [-0.25, -0.2) is 0 Å². The zero-order valence-corrected chi connectivity index (χ0v) is 36.0. The average molecular weight is 919 g/mol. The monoisotopic (exact) mass is 918 g/mol. The lowest BCUT2D eigenvalue weighted by Gasteiger charge is -2.32. The molecule has 2 bridgehead atoms. The van der Waals surface area contributed by atoms with Crippen molar-refractivity contribution < 1.29 is 67.8 Å². The number of nitrogens with one attached hydrogen (secondary N) is 8. The van der Waals surface area contributed by atoms with Gasteiger partial charge in [0, 0.05) is 36.8 Å². The maximum Gasteiger partial charge on any atom is 0.246 e. The zero-order chi connectivity index (χ0) is 47.2. The SMILES string of the molecule is CC[C@H](C)[C@@H]1NC(=O)CNC(=O)[C@H]2Cc3c([nH]c4cc(O)ccc34)[S@](=O)C[C@@H](NC(=O)CNC1=O)C(=O)N[C@H](CC(N)=O)C(=O)N1C[C@H](O)C[C@@H]1C(=O)N[C@H]([C@H](C)[C@@H](O)CO)C(=O)N2. The molecule has 0 unspecified atom stereocenters. The molecule has 350 valence electrons. The Balaban J connectivity index is 1.73. The number of benzene rings is 1. The molecule has 3 aliphatic rings. The molecule has 0 saturated carbocycles. The number of hydrogen-bond acceptors (Lipinski definition) is 14. The van der Waals surface area contributed by atoms with E-state index in [0.29, 0.717) is 6.42 Å². The van der Waals surface area contributed by atoms with Crippen LogP contribution < -0.4 is 43.0 Å². The summed E-state index contributed by atoms with van der Waals surface area (Å²) in [5, 5.41) is 58.8. The van der Waals surface area contributed by atoms with Crippen LogP contribution in [0, 0.1) is 11.8 Å². The molecule has 11 atom stereocenters. The summed E-state index contributed by atoms with van der Waals surface area (Å²) in [5.74, 6) is -12.1. The van der Waals surface area contributed by atoms with Gasteiger partial charge < -0.3 is 73.3 Å². The lowest BCUT2D eigenvalue weighted by atomic mass is 9.93. The van der Waals surface area contributed by atoms with E-state index in [1.807, 2.05) is 0 Å². The van der Waals surface area contributed by atoms with Crippen LogP contribution in [-0.2, 0) is 60.4 Å². The molecule has 3 aliphatic heterocycles. The molecule has 1 aromatic carbocycles. The quantitative estimate of drug-likeness (QED) is 0.123. The first-order chi connectivity index (χ1) is 30.2. The van der Waals surface area contributed by atoms with Crippen LogP contribution in [0.15, 0.2) is 23.2 Å². The number of H-pyrrole nitrogens is 1. The van der Waals surface area contributed by atoms with Crippen LogP contribution in [0.5, 0.6) is 5.75 Å². The fraction of sp³-hybridized carbons (Fsp3) is 0.564. The van der Waals surface area contributed by atoms with Gasteiger partial charge in [0.05, 0.1) is 60.4 Å². The molecule has 0 aliphatic carbocycles. The minimum Gasteiger partial charge on any atom is -0.508 e. The van der Waals surface area contributed by atoms with E-state index in [1.165, 1.54) is 25.1 Å². The van der Waals surface area contributed by atoms with E-state index in [4.69, 9.17) is 5.73 Å². The number of rotatable bonds is 7. The van der Waals surface area contributed by atoms with Crippen molar-refractivity contribution in [2.45, 2.75) is 99.9 Å². The topological polar surface area (TPSA) is 381 Å². The lowest BCUT2D eigenvalue weighted by Crippen LogP contribution is -2.62. The molecule has 1 saturated heterocycles. The summed E-state index contributed by atoms with van der Waals surface area (Å²) in [6, 6.07) is -5.99. The Morgan fingerprint density at radius 3 is 2.20 bits per heavy atom. The molecule has 2 aromatic rings. The third-order valence-corrected chi connectivity index (χ3v) is 13.0. The maximum absolute atomic E-state index is 14.6. The Bertz CT molecular complexity index is 2200. The number of carbonyl (C=O) groups is 9. The van der Waals surface area contributed by atoms with Crippen molar-refractivity contribution in [3.05, 3.63) is 23.8 Å². The minimum atomic E-state index is -2.38. The number of primary amides is 1. The highest BCUT2D eigenvalue weighted by atomic mass is 32.2. The fourth-order valence-electron chi connectivity index (χ4n) is 7.70. The van der Waals surface area contributed by atoms with Gasteiger partial charge in [-0.15, -0.1) is 0 Å². The summed E-state index contributed by atoms with van der Waals surface area (Å²) >= 11 is 0. The van der Waals surface area contributed by atoms with Crippen LogP contribution >= 0.6 is 0 Å². The number of aromatic nitrogens is 1. The van der Waals surface area contributed by atoms with Gasteiger partial charge in [0.1, 0.15) is 47.0 Å². The highest BCUT2D eigenvalue weighted by Gasteiger charge is 2.45. The fourth-order valence-corrected chi connectivity index (χ4v) is 9.10. The van der Waals surface area contributed by atoms with E-state index in [-0.39, 0.29) is 27.2 Å². The maximum atomic E-state index is 14.6. The number of phenols is 1. The number of aromatic amines is 1. The standard InChI is InChI=1S/C39H54N10O14S/c1-4-16(2)31-36(60)42-11-29(55)43-25-15-64(63)38-21(20-6-5-18(51)7-22(20)46-38)9-23(33(57)41-12-30(56)47-31)44-37(61)32(17(3)27(53)14-50)48-35(59)26-8-19(52)13-49(26)39(62)24(10-28(40)54)45-34(25)58/h5-7,16-17,19,23-27,31-32,46,50-53H,4,8-15H2,1-3H3,(H2,40,54)(H,41,57)(H,42,60)(H,43,55)(H,44,61)(H,45,58)(H,47,56)(H,48,59)/t16-,17+,19+,23+,24+,25+,26+,27-,31-,32+,64+/m0/s1. The predicted octanol–water partition coefficient (Wildman–Crippen LogP) is -5.92. The van der Waals surface area contributed by atoms with E-state index >= 15 is 0 Å². The minimum absolute atomic E-state index is 0.0800. The molecule has 0 spiro atoms. The first-order valence-electron chi connectivity index (χ1n) is 20.6. The van der Waals surface area contributed by atoms with Crippen LogP contribution in [0.1, 0.15) is 45.6 Å². The predicted molar refractivity (Wildman–Crippen MR) is 222 cm³/mol. The van der Waals surface area contributed by atoms with Crippen molar-refractivity contribution in [1.82, 2.24) is 47.1 Å². The van der Waals surface area contributed by atoms with Crippen LogP contribution in [0.2, 0.25) is 0 Å². The number of phenolic OH excluding ortho intramolecular Hbond substituents is 1. The van der Waals surface area contributed by atoms with E-state index in [9.17, 15) is 67.8 Å². The number of nitrogens with zero attached hydrogens (tertiary/aromatic N) is 1. The van der Waals surface area contributed by atoms with Crippen LogP contribution in [0.4, 0.5) is 0 Å². The zero-order valence-electron chi connectivity index (χ0n) is 35.2. The second-order valence-corrected chi connectivity index (χ2v) is 17.6. The molecule has 64 heavy (non-hydrogen) atoms. The Kier molecular flexibility index (Phi) is 16.0.